The summed E-state index contributed by atoms with van der Waals surface area (Å²) >= 11 is 0. The summed E-state index contributed by atoms with van der Waals surface area (Å²) in [5.74, 6) is 0.992. The molecule has 0 saturated carbocycles. The van der Waals surface area contributed by atoms with E-state index < -0.39 is 0 Å². The molecule has 0 aliphatic carbocycles. The van der Waals surface area contributed by atoms with Crippen LogP contribution < -0.4 is 15.2 Å². The zero-order chi connectivity index (χ0) is 22.1. The lowest BCUT2D eigenvalue weighted by Gasteiger charge is -2.31. The maximum atomic E-state index is 13.4. The molecule has 3 aliphatic rings. The third kappa shape index (κ3) is 4.05. The summed E-state index contributed by atoms with van der Waals surface area (Å²) in [6.07, 6.45) is 2.00. The standard InChI is InChI=1S/C24H26N4O4/c25-24(30)17-8-10-27(11-9-17)14-23(29)28-20(13-19(26-28)16-4-2-1-3-5-16)18-6-7-21-22(12-18)32-15-31-21/h1-7,12,17,20H,8-11,13-15H2,(H2,25,30)/t20-/m0/s1. The third-order valence-corrected chi connectivity index (χ3v) is 6.40. The topological polar surface area (TPSA) is 97.5 Å². The number of hydrogen-bond donors (Lipinski definition) is 1. The molecule has 0 spiro atoms. The molecule has 8 nitrogen and oxygen atoms in total. The number of carbonyl (C=O) groups is 2. The molecule has 2 aromatic carbocycles. The van der Waals surface area contributed by atoms with Crippen molar-refractivity contribution in [2.75, 3.05) is 26.4 Å². The average Bonchev–Trinajstić information content (AvgIpc) is 3.47. The fourth-order valence-electron chi connectivity index (χ4n) is 4.56. The molecule has 0 bridgehead atoms. The number of piperidine rings is 1. The second-order valence-electron chi connectivity index (χ2n) is 8.44. The second-order valence-corrected chi connectivity index (χ2v) is 8.44. The number of fused-ring (bicyclic) bond motifs is 1. The Hall–Kier alpha value is -3.39. The highest BCUT2D eigenvalue weighted by Gasteiger charge is 2.35. The number of hydrazone groups is 1. The summed E-state index contributed by atoms with van der Waals surface area (Å²) in [6, 6.07) is 15.5. The molecule has 32 heavy (non-hydrogen) atoms. The van der Waals surface area contributed by atoms with Gasteiger partial charge in [0.15, 0.2) is 11.5 Å². The Morgan fingerprint density at radius 1 is 1.03 bits per heavy atom. The monoisotopic (exact) mass is 434 g/mol. The smallest absolute Gasteiger partial charge is 0.257 e. The van der Waals surface area contributed by atoms with Gasteiger partial charge in [-0.2, -0.15) is 5.10 Å². The highest BCUT2D eigenvalue weighted by Crippen LogP contribution is 2.39. The van der Waals surface area contributed by atoms with Crippen LogP contribution >= 0.6 is 0 Å². The van der Waals surface area contributed by atoms with Crippen molar-refractivity contribution >= 4 is 17.5 Å². The first-order valence-electron chi connectivity index (χ1n) is 10.9. The van der Waals surface area contributed by atoms with Gasteiger partial charge in [-0.3, -0.25) is 14.5 Å². The summed E-state index contributed by atoms with van der Waals surface area (Å²) in [5.41, 5.74) is 8.29. The number of amides is 2. The van der Waals surface area contributed by atoms with Crippen LogP contribution in [-0.4, -0.2) is 53.9 Å². The Balaban J connectivity index is 1.37. The normalized spacial score (nSPS) is 20.9. The van der Waals surface area contributed by atoms with E-state index in [0.717, 1.165) is 16.8 Å². The van der Waals surface area contributed by atoms with Crippen LogP contribution in [0.1, 0.15) is 36.4 Å². The SMILES string of the molecule is NC(=O)C1CCN(CC(=O)N2N=C(c3ccccc3)C[C@H]2c2ccc3c(c2)OCO3)CC1. The molecule has 2 aromatic rings. The first kappa shape index (κ1) is 20.5. The predicted octanol–water partition coefficient (Wildman–Crippen LogP) is 2.29. The number of ether oxygens (including phenoxy) is 2. The van der Waals surface area contributed by atoms with Crippen molar-refractivity contribution in [3.05, 3.63) is 59.7 Å². The van der Waals surface area contributed by atoms with Crippen LogP contribution in [0.4, 0.5) is 0 Å². The van der Waals surface area contributed by atoms with Gasteiger partial charge in [-0.25, -0.2) is 5.01 Å². The van der Waals surface area contributed by atoms with Crippen LogP contribution in [0.15, 0.2) is 53.6 Å². The maximum Gasteiger partial charge on any atom is 0.257 e. The zero-order valence-electron chi connectivity index (χ0n) is 17.8. The first-order valence-corrected chi connectivity index (χ1v) is 10.9. The van der Waals surface area contributed by atoms with Gasteiger partial charge in [-0.05, 0) is 49.2 Å². The fraction of sp³-hybridized carbons (Fsp3) is 0.375. The molecule has 2 amide bonds. The molecule has 5 rings (SSSR count). The van der Waals surface area contributed by atoms with Gasteiger partial charge in [0.05, 0.1) is 18.3 Å². The quantitative estimate of drug-likeness (QED) is 0.779. The van der Waals surface area contributed by atoms with Crippen molar-refractivity contribution in [1.82, 2.24) is 9.91 Å². The minimum absolute atomic E-state index is 0.0591. The Labute approximate surface area is 186 Å². The first-order chi connectivity index (χ1) is 15.6. The lowest BCUT2D eigenvalue weighted by Crippen LogP contribution is -2.44. The molecule has 3 aliphatic heterocycles. The number of hydrogen-bond acceptors (Lipinski definition) is 6. The van der Waals surface area contributed by atoms with Gasteiger partial charge in [0.25, 0.3) is 5.91 Å². The summed E-state index contributed by atoms with van der Waals surface area (Å²) in [7, 11) is 0. The lowest BCUT2D eigenvalue weighted by atomic mass is 9.96. The molecule has 1 fully saturated rings. The highest BCUT2D eigenvalue weighted by molar-refractivity contribution is 6.03. The van der Waals surface area contributed by atoms with E-state index >= 15 is 0 Å². The summed E-state index contributed by atoms with van der Waals surface area (Å²) < 4.78 is 11.0. The minimum Gasteiger partial charge on any atom is -0.454 e. The molecule has 8 heteroatoms. The molecular weight excluding hydrogens is 408 g/mol. The number of likely N-dealkylation sites (tertiary alicyclic amines) is 1. The van der Waals surface area contributed by atoms with Crippen molar-refractivity contribution in [2.24, 2.45) is 16.8 Å². The number of benzene rings is 2. The van der Waals surface area contributed by atoms with E-state index in [1.807, 2.05) is 48.5 Å². The Bertz CT molecular complexity index is 1050. The van der Waals surface area contributed by atoms with E-state index in [4.69, 9.17) is 20.3 Å². The molecular formula is C24H26N4O4. The molecule has 0 radical (unpaired) electrons. The summed E-state index contributed by atoms with van der Waals surface area (Å²) in [4.78, 5) is 26.9. The maximum absolute atomic E-state index is 13.4. The largest absolute Gasteiger partial charge is 0.454 e. The van der Waals surface area contributed by atoms with E-state index in [0.29, 0.717) is 43.9 Å². The van der Waals surface area contributed by atoms with Gasteiger partial charge >= 0.3 is 0 Å². The van der Waals surface area contributed by atoms with Gasteiger partial charge in [0.2, 0.25) is 12.7 Å². The number of nitrogens with two attached hydrogens (primary N) is 1. The van der Waals surface area contributed by atoms with Crippen LogP contribution in [0.2, 0.25) is 0 Å². The average molecular weight is 434 g/mol. The van der Waals surface area contributed by atoms with Crippen molar-refractivity contribution < 1.29 is 19.1 Å². The molecule has 1 saturated heterocycles. The number of primary amides is 1. The van der Waals surface area contributed by atoms with E-state index in [-0.39, 0.29) is 37.1 Å². The van der Waals surface area contributed by atoms with E-state index in [1.54, 1.807) is 5.01 Å². The molecule has 166 valence electrons. The van der Waals surface area contributed by atoms with Gasteiger partial charge < -0.3 is 15.2 Å². The lowest BCUT2D eigenvalue weighted by molar-refractivity contribution is -0.134. The van der Waals surface area contributed by atoms with Crippen LogP contribution in [-0.2, 0) is 9.59 Å². The van der Waals surface area contributed by atoms with Gasteiger partial charge in [-0.15, -0.1) is 0 Å². The van der Waals surface area contributed by atoms with Crippen LogP contribution in [0.3, 0.4) is 0 Å². The Morgan fingerprint density at radius 2 is 1.78 bits per heavy atom. The number of nitrogens with zero attached hydrogens (tertiary/aromatic N) is 3. The predicted molar refractivity (Wildman–Crippen MR) is 118 cm³/mol. The van der Waals surface area contributed by atoms with E-state index in [2.05, 4.69) is 4.90 Å². The minimum atomic E-state index is -0.254. The Morgan fingerprint density at radius 3 is 2.53 bits per heavy atom. The second kappa shape index (κ2) is 8.63. The van der Waals surface area contributed by atoms with Crippen molar-refractivity contribution in [3.8, 4) is 11.5 Å². The van der Waals surface area contributed by atoms with Crippen LogP contribution in [0.25, 0.3) is 0 Å². The van der Waals surface area contributed by atoms with Crippen molar-refractivity contribution in [1.29, 1.82) is 0 Å². The van der Waals surface area contributed by atoms with Crippen LogP contribution in [0.5, 0.6) is 11.5 Å². The molecule has 2 N–H and O–H groups in total. The zero-order valence-corrected chi connectivity index (χ0v) is 17.8. The molecule has 3 heterocycles. The van der Waals surface area contributed by atoms with E-state index in [1.165, 1.54) is 0 Å². The van der Waals surface area contributed by atoms with Crippen LogP contribution in [0, 0.1) is 5.92 Å². The third-order valence-electron chi connectivity index (χ3n) is 6.40. The van der Waals surface area contributed by atoms with E-state index in [9.17, 15) is 9.59 Å². The number of carbonyl (C=O) groups excluding carboxylic acids is 2. The Kier molecular flexibility index (Phi) is 5.53. The highest BCUT2D eigenvalue weighted by atomic mass is 16.7. The van der Waals surface area contributed by atoms with Gasteiger partial charge in [-0.1, -0.05) is 36.4 Å². The molecule has 0 aromatic heterocycles. The van der Waals surface area contributed by atoms with Gasteiger partial charge in [0, 0.05) is 12.3 Å². The van der Waals surface area contributed by atoms with Crippen molar-refractivity contribution in [2.45, 2.75) is 25.3 Å². The number of rotatable bonds is 5. The summed E-state index contributed by atoms with van der Waals surface area (Å²) in [5, 5.41) is 6.36. The van der Waals surface area contributed by atoms with Crippen molar-refractivity contribution in [3.63, 3.8) is 0 Å². The molecule has 0 unspecified atom stereocenters. The summed E-state index contributed by atoms with van der Waals surface area (Å²) in [6.45, 7) is 1.82. The molecule has 1 atom stereocenters. The van der Waals surface area contributed by atoms with Gasteiger partial charge in [0.1, 0.15) is 0 Å². The fourth-order valence-corrected chi connectivity index (χ4v) is 4.56.